The van der Waals surface area contributed by atoms with Gasteiger partial charge in [0.2, 0.25) is 0 Å². The van der Waals surface area contributed by atoms with E-state index in [9.17, 15) is 0 Å². The summed E-state index contributed by atoms with van der Waals surface area (Å²) < 4.78 is 3.31. The fraction of sp³-hybridized carbons (Fsp3) is 0.800. The summed E-state index contributed by atoms with van der Waals surface area (Å²) in [6.45, 7) is 13.0. The lowest BCUT2D eigenvalue weighted by Crippen LogP contribution is -2.39. The molecule has 2 heterocycles. The van der Waals surface area contributed by atoms with Gasteiger partial charge in [0.05, 0.1) is 15.9 Å². The summed E-state index contributed by atoms with van der Waals surface area (Å²) in [4.78, 5) is 2.60. The molecule has 0 aromatic carbocycles. The van der Waals surface area contributed by atoms with Gasteiger partial charge in [-0.2, -0.15) is 5.10 Å². The maximum absolute atomic E-state index is 4.61. The average molecular weight is 343 g/mol. The van der Waals surface area contributed by atoms with Gasteiger partial charge in [0, 0.05) is 31.7 Å². The molecule has 1 aromatic heterocycles. The van der Waals surface area contributed by atoms with Gasteiger partial charge in [-0.25, -0.2) is 0 Å². The highest BCUT2D eigenvalue weighted by atomic mass is 79.9. The number of halogens is 1. The van der Waals surface area contributed by atoms with Gasteiger partial charge in [-0.05, 0) is 56.1 Å². The second kappa shape index (κ2) is 7.05. The zero-order valence-electron chi connectivity index (χ0n) is 13.1. The van der Waals surface area contributed by atoms with Crippen LogP contribution in [0, 0.1) is 6.92 Å². The molecule has 1 fully saturated rings. The second-order valence-corrected chi connectivity index (χ2v) is 6.58. The van der Waals surface area contributed by atoms with Crippen LogP contribution in [0.4, 0.5) is 0 Å². The van der Waals surface area contributed by atoms with Crippen molar-refractivity contribution in [3.05, 3.63) is 15.9 Å². The normalized spacial score (nSPS) is 24.9. The lowest BCUT2D eigenvalue weighted by atomic mass is 10.2. The molecule has 1 N–H and O–H groups in total. The summed E-state index contributed by atoms with van der Waals surface area (Å²) in [6, 6.07) is 1.23. The van der Waals surface area contributed by atoms with Gasteiger partial charge >= 0.3 is 0 Å². The SMILES string of the molecule is CCC1CN(Cc2c(Br)c(C)nn2CC)C(C)CCN1. The van der Waals surface area contributed by atoms with E-state index in [1.54, 1.807) is 0 Å². The second-order valence-electron chi connectivity index (χ2n) is 5.79. The van der Waals surface area contributed by atoms with Gasteiger partial charge in [-0.15, -0.1) is 0 Å². The molecule has 114 valence electrons. The average Bonchev–Trinajstić information content (AvgIpc) is 2.61. The van der Waals surface area contributed by atoms with Crippen molar-refractivity contribution in [3.63, 3.8) is 0 Å². The van der Waals surface area contributed by atoms with Crippen LogP contribution in [0.2, 0.25) is 0 Å². The van der Waals surface area contributed by atoms with Crippen molar-refractivity contribution in [2.75, 3.05) is 13.1 Å². The Morgan fingerprint density at radius 3 is 2.80 bits per heavy atom. The molecule has 1 aromatic rings. The van der Waals surface area contributed by atoms with Gasteiger partial charge in [-0.3, -0.25) is 9.58 Å². The first-order chi connectivity index (χ1) is 9.56. The molecule has 0 bridgehead atoms. The molecule has 0 amide bonds. The minimum Gasteiger partial charge on any atom is -0.313 e. The quantitative estimate of drug-likeness (QED) is 0.913. The summed E-state index contributed by atoms with van der Waals surface area (Å²) in [5, 5.41) is 8.26. The smallest absolute Gasteiger partial charge is 0.0739 e. The molecule has 0 saturated carbocycles. The number of rotatable bonds is 4. The van der Waals surface area contributed by atoms with Crippen molar-refractivity contribution >= 4 is 15.9 Å². The Morgan fingerprint density at radius 1 is 1.40 bits per heavy atom. The number of aromatic nitrogens is 2. The molecule has 1 saturated heterocycles. The molecule has 2 atom stereocenters. The Bertz CT molecular complexity index is 443. The van der Waals surface area contributed by atoms with Crippen LogP contribution in [-0.4, -0.2) is 39.9 Å². The number of nitrogens with zero attached hydrogens (tertiary/aromatic N) is 3. The standard InChI is InChI=1S/C15H27BrN4/c1-5-13-9-19(11(3)7-8-17-13)10-14-15(16)12(4)18-20(14)6-2/h11,13,17H,5-10H2,1-4H3. The molecule has 0 aliphatic carbocycles. The Hall–Kier alpha value is -0.390. The van der Waals surface area contributed by atoms with Gasteiger partial charge in [-0.1, -0.05) is 6.92 Å². The van der Waals surface area contributed by atoms with Crippen LogP contribution >= 0.6 is 15.9 Å². The van der Waals surface area contributed by atoms with Crippen LogP contribution in [0.25, 0.3) is 0 Å². The van der Waals surface area contributed by atoms with E-state index < -0.39 is 0 Å². The van der Waals surface area contributed by atoms with Crippen molar-refractivity contribution in [2.45, 2.75) is 65.7 Å². The molecular formula is C15H27BrN4. The number of aryl methyl sites for hydroxylation is 2. The fourth-order valence-corrected chi connectivity index (χ4v) is 3.32. The molecule has 4 nitrogen and oxygen atoms in total. The van der Waals surface area contributed by atoms with E-state index in [1.807, 2.05) is 0 Å². The van der Waals surface area contributed by atoms with E-state index in [4.69, 9.17) is 0 Å². The van der Waals surface area contributed by atoms with E-state index in [1.165, 1.54) is 23.0 Å². The molecule has 0 spiro atoms. The molecule has 20 heavy (non-hydrogen) atoms. The molecule has 5 heteroatoms. The van der Waals surface area contributed by atoms with Crippen molar-refractivity contribution in [1.82, 2.24) is 20.0 Å². The predicted molar refractivity (Wildman–Crippen MR) is 86.9 cm³/mol. The number of nitrogens with one attached hydrogen (secondary N) is 1. The van der Waals surface area contributed by atoms with E-state index in [2.05, 4.69) is 63.6 Å². The minimum atomic E-state index is 0.609. The van der Waals surface area contributed by atoms with Crippen LogP contribution in [0.5, 0.6) is 0 Å². The van der Waals surface area contributed by atoms with E-state index >= 15 is 0 Å². The first-order valence-electron chi connectivity index (χ1n) is 7.76. The third-order valence-electron chi connectivity index (χ3n) is 4.37. The van der Waals surface area contributed by atoms with Crippen LogP contribution in [0.3, 0.4) is 0 Å². The molecule has 0 radical (unpaired) electrons. The highest BCUT2D eigenvalue weighted by molar-refractivity contribution is 9.10. The van der Waals surface area contributed by atoms with Crippen molar-refractivity contribution in [1.29, 1.82) is 0 Å². The maximum Gasteiger partial charge on any atom is 0.0739 e. The van der Waals surface area contributed by atoms with Crippen molar-refractivity contribution < 1.29 is 0 Å². The summed E-state index contributed by atoms with van der Waals surface area (Å²) in [5.74, 6) is 0. The van der Waals surface area contributed by atoms with Crippen LogP contribution in [0.1, 0.15) is 45.0 Å². The van der Waals surface area contributed by atoms with E-state index in [0.29, 0.717) is 12.1 Å². The zero-order valence-corrected chi connectivity index (χ0v) is 14.7. The summed E-state index contributed by atoms with van der Waals surface area (Å²) in [7, 11) is 0. The third kappa shape index (κ3) is 3.43. The van der Waals surface area contributed by atoms with Gasteiger partial charge in [0.15, 0.2) is 0 Å². The lowest BCUT2D eigenvalue weighted by molar-refractivity contribution is 0.188. The Morgan fingerprint density at radius 2 is 2.15 bits per heavy atom. The topological polar surface area (TPSA) is 33.1 Å². The van der Waals surface area contributed by atoms with Crippen LogP contribution < -0.4 is 5.32 Å². The van der Waals surface area contributed by atoms with Gasteiger partial charge in [0.25, 0.3) is 0 Å². The molecule has 2 unspecified atom stereocenters. The molecule has 1 aliphatic heterocycles. The third-order valence-corrected chi connectivity index (χ3v) is 5.40. The minimum absolute atomic E-state index is 0.609. The number of hydrogen-bond acceptors (Lipinski definition) is 3. The largest absolute Gasteiger partial charge is 0.313 e. The number of hydrogen-bond donors (Lipinski definition) is 1. The zero-order chi connectivity index (χ0) is 14.7. The van der Waals surface area contributed by atoms with Gasteiger partial charge < -0.3 is 5.32 Å². The summed E-state index contributed by atoms with van der Waals surface area (Å²) in [6.07, 6.45) is 2.41. The van der Waals surface area contributed by atoms with Crippen molar-refractivity contribution in [3.8, 4) is 0 Å². The highest BCUT2D eigenvalue weighted by Gasteiger charge is 2.24. The van der Waals surface area contributed by atoms with Crippen LogP contribution in [-0.2, 0) is 13.1 Å². The first kappa shape index (κ1) is 16.0. The van der Waals surface area contributed by atoms with E-state index in [-0.39, 0.29) is 0 Å². The summed E-state index contributed by atoms with van der Waals surface area (Å²) in [5.41, 5.74) is 2.41. The van der Waals surface area contributed by atoms with Crippen molar-refractivity contribution in [2.24, 2.45) is 0 Å². The fourth-order valence-electron chi connectivity index (χ4n) is 2.91. The Balaban J connectivity index is 2.18. The maximum atomic E-state index is 4.61. The monoisotopic (exact) mass is 342 g/mol. The Kier molecular flexibility index (Phi) is 5.64. The summed E-state index contributed by atoms with van der Waals surface area (Å²) >= 11 is 3.71. The highest BCUT2D eigenvalue weighted by Crippen LogP contribution is 2.24. The molecule has 2 rings (SSSR count). The molecule has 1 aliphatic rings. The van der Waals surface area contributed by atoms with E-state index in [0.717, 1.165) is 31.9 Å². The lowest BCUT2D eigenvalue weighted by Gasteiger charge is -2.29. The predicted octanol–water partition coefficient (Wildman–Crippen LogP) is 2.94. The van der Waals surface area contributed by atoms with Gasteiger partial charge in [0.1, 0.15) is 0 Å². The Labute approximate surface area is 131 Å². The molecular weight excluding hydrogens is 316 g/mol. The first-order valence-corrected chi connectivity index (χ1v) is 8.55. The van der Waals surface area contributed by atoms with Crippen LogP contribution in [0.15, 0.2) is 4.47 Å².